The molecule has 8 nitrogen and oxygen atoms in total. The van der Waals surface area contributed by atoms with E-state index >= 15 is 0 Å². The smallest absolute Gasteiger partial charge is 0.262 e. The molecule has 1 amide bonds. The Labute approximate surface area is 249 Å². The van der Waals surface area contributed by atoms with E-state index in [2.05, 4.69) is 31.2 Å². The Balaban J connectivity index is 1.29. The lowest BCUT2D eigenvalue weighted by atomic mass is 10.0. The van der Waals surface area contributed by atoms with Crippen molar-refractivity contribution in [2.75, 3.05) is 23.9 Å². The van der Waals surface area contributed by atoms with Crippen molar-refractivity contribution in [2.45, 2.75) is 12.1 Å². The van der Waals surface area contributed by atoms with Gasteiger partial charge in [0.15, 0.2) is 11.7 Å². The SMILES string of the molecule is COc1cccc(-n2cccc2C2C(c3ccccn3)NC(=S)N2c2ccc(NC(=O)COc3ccccc3)cc2)c1. The second kappa shape index (κ2) is 12.2. The van der Waals surface area contributed by atoms with Crippen LogP contribution in [0, 0.1) is 0 Å². The van der Waals surface area contributed by atoms with Crippen molar-refractivity contribution in [3.8, 4) is 17.2 Å². The number of amides is 1. The van der Waals surface area contributed by atoms with E-state index in [1.165, 1.54) is 0 Å². The molecular formula is C33H29N5O3S. The minimum Gasteiger partial charge on any atom is -0.497 e. The number of nitrogens with zero attached hydrogens (tertiary/aromatic N) is 3. The highest BCUT2D eigenvalue weighted by Crippen LogP contribution is 2.42. The first-order valence-corrected chi connectivity index (χ1v) is 13.9. The molecule has 1 aliphatic rings. The van der Waals surface area contributed by atoms with Crippen molar-refractivity contribution in [1.29, 1.82) is 0 Å². The van der Waals surface area contributed by atoms with Crippen LogP contribution in [-0.4, -0.2) is 34.3 Å². The fourth-order valence-corrected chi connectivity index (χ4v) is 5.48. The summed E-state index contributed by atoms with van der Waals surface area (Å²) in [4.78, 5) is 19.3. The Morgan fingerprint density at radius 3 is 2.45 bits per heavy atom. The van der Waals surface area contributed by atoms with Crippen molar-refractivity contribution in [3.63, 3.8) is 0 Å². The number of anilines is 2. The molecule has 5 aromatic rings. The Morgan fingerprint density at radius 1 is 0.905 bits per heavy atom. The van der Waals surface area contributed by atoms with Gasteiger partial charge in [-0.2, -0.15) is 0 Å². The van der Waals surface area contributed by atoms with Gasteiger partial charge in [0.1, 0.15) is 17.5 Å². The van der Waals surface area contributed by atoms with Gasteiger partial charge in [-0.15, -0.1) is 0 Å². The second-order valence-corrected chi connectivity index (χ2v) is 10.1. The van der Waals surface area contributed by atoms with Gasteiger partial charge in [0.25, 0.3) is 5.91 Å². The quantitative estimate of drug-likeness (QED) is 0.206. The van der Waals surface area contributed by atoms with Crippen molar-refractivity contribution in [3.05, 3.63) is 133 Å². The van der Waals surface area contributed by atoms with Gasteiger partial charge < -0.3 is 29.6 Å². The number of methoxy groups -OCH3 is 1. The topological polar surface area (TPSA) is 80.7 Å². The Morgan fingerprint density at radius 2 is 1.69 bits per heavy atom. The largest absolute Gasteiger partial charge is 0.497 e. The van der Waals surface area contributed by atoms with E-state index in [9.17, 15) is 4.79 Å². The molecule has 2 atom stereocenters. The zero-order valence-corrected chi connectivity index (χ0v) is 23.7. The summed E-state index contributed by atoms with van der Waals surface area (Å²) in [5.74, 6) is 1.18. The van der Waals surface area contributed by atoms with Gasteiger partial charge in [-0.3, -0.25) is 9.78 Å². The first kappa shape index (κ1) is 27.0. The summed E-state index contributed by atoms with van der Waals surface area (Å²) in [6, 6.07) is 34.4. The summed E-state index contributed by atoms with van der Waals surface area (Å²) in [6.07, 6.45) is 3.83. The monoisotopic (exact) mass is 575 g/mol. The highest BCUT2D eigenvalue weighted by atomic mass is 32.1. The molecule has 9 heteroatoms. The number of carbonyl (C=O) groups excluding carboxylic acids is 1. The summed E-state index contributed by atoms with van der Waals surface area (Å²) in [5.41, 5.74) is 4.43. The summed E-state index contributed by atoms with van der Waals surface area (Å²) in [5, 5.41) is 6.99. The maximum Gasteiger partial charge on any atom is 0.262 e. The first-order valence-electron chi connectivity index (χ1n) is 13.5. The van der Waals surface area contributed by atoms with Crippen LogP contribution in [0.5, 0.6) is 11.5 Å². The summed E-state index contributed by atoms with van der Waals surface area (Å²) in [6.45, 7) is -0.0824. The number of rotatable bonds is 9. The van der Waals surface area contributed by atoms with Crippen LogP contribution in [-0.2, 0) is 4.79 Å². The molecule has 2 aromatic heterocycles. The highest BCUT2D eigenvalue weighted by molar-refractivity contribution is 7.80. The lowest BCUT2D eigenvalue weighted by Gasteiger charge is -2.29. The van der Waals surface area contributed by atoms with E-state index in [1.54, 1.807) is 13.3 Å². The van der Waals surface area contributed by atoms with Crippen LogP contribution in [0.2, 0.25) is 0 Å². The van der Waals surface area contributed by atoms with Gasteiger partial charge in [-0.25, -0.2) is 0 Å². The zero-order chi connectivity index (χ0) is 28.9. The lowest BCUT2D eigenvalue weighted by molar-refractivity contribution is -0.118. The van der Waals surface area contributed by atoms with Crippen LogP contribution in [0.1, 0.15) is 23.5 Å². The number of benzene rings is 3. The number of aromatic nitrogens is 2. The van der Waals surface area contributed by atoms with Gasteiger partial charge in [0.05, 0.1) is 18.8 Å². The maximum atomic E-state index is 12.5. The number of hydrogen-bond donors (Lipinski definition) is 2. The summed E-state index contributed by atoms with van der Waals surface area (Å²) < 4.78 is 13.2. The van der Waals surface area contributed by atoms with Gasteiger partial charge in [-0.1, -0.05) is 30.3 Å². The van der Waals surface area contributed by atoms with Crippen LogP contribution in [0.15, 0.2) is 122 Å². The molecule has 2 N–H and O–H groups in total. The number of ether oxygens (including phenoxy) is 2. The fraction of sp³-hybridized carbons (Fsp3) is 0.121. The summed E-state index contributed by atoms with van der Waals surface area (Å²) >= 11 is 5.91. The predicted molar refractivity (Wildman–Crippen MR) is 167 cm³/mol. The molecule has 0 saturated carbocycles. The number of hydrogen-bond acceptors (Lipinski definition) is 5. The van der Waals surface area contributed by atoms with Gasteiger partial charge in [-0.05, 0) is 85.0 Å². The molecule has 42 heavy (non-hydrogen) atoms. The Hall–Kier alpha value is -5.15. The van der Waals surface area contributed by atoms with Crippen LogP contribution >= 0.6 is 12.2 Å². The molecule has 1 aliphatic heterocycles. The average molecular weight is 576 g/mol. The molecule has 3 aromatic carbocycles. The minimum absolute atomic E-state index is 0.0824. The third-order valence-electron chi connectivity index (χ3n) is 7.06. The van der Waals surface area contributed by atoms with Crippen LogP contribution in [0.25, 0.3) is 5.69 Å². The lowest BCUT2D eigenvalue weighted by Crippen LogP contribution is -2.30. The molecule has 0 radical (unpaired) electrons. The molecule has 1 saturated heterocycles. The highest BCUT2D eigenvalue weighted by Gasteiger charge is 2.42. The minimum atomic E-state index is -0.242. The Kier molecular flexibility index (Phi) is 7.83. The Bertz CT molecular complexity index is 1680. The van der Waals surface area contributed by atoms with Gasteiger partial charge in [0.2, 0.25) is 0 Å². The van der Waals surface area contributed by atoms with Crippen molar-refractivity contribution in [1.82, 2.24) is 14.9 Å². The molecule has 0 spiro atoms. The standard InChI is InChI=1S/C33H29N5O3S/c1-40-27-12-7-9-25(21-27)37-20-8-14-29(37)32-31(28-13-5-6-19-34-28)36-33(42)38(32)24-17-15-23(16-18-24)35-30(39)22-41-26-10-3-2-4-11-26/h2-21,31-32H,22H2,1H3,(H,35,39)(H,36,42). The molecule has 0 bridgehead atoms. The second-order valence-electron chi connectivity index (χ2n) is 9.70. The molecule has 2 unspecified atom stereocenters. The predicted octanol–water partition coefficient (Wildman–Crippen LogP) is 6.08. The first-order chi connectivity index (χ1) is 20.6. The van der Waals surface area contributed by atoms with E-state index in [-0.39, 0.29) is 24.6 Å². The van der Waals surface area contributed by atoms with Crippen LogP contribution in [0.4, 0.5) is 11.4 Å². The molecule has 3 heterocycles. The third-order valence-corrected chi connectivity index (χ3v) is 7.37. The van der Waals surface area contributed by atoms with E-state index < -0.39 is 0 Å². The van der Waals surface area contributed by atoms with E-state index in [4.69, 9.17) is 21.7 Å². The fourth-order valence-electron chi connectivity index (χ4n) is 5.13. The van der Waals surface area contributed by atoms with Gasteiger partial charge >= 0.3 is 0 Å². The molecule has 0 aliphatic carbocycles. The van der Waals surface area contributed by atoms with Crippen LogP contribution < -0.4 is 25.0 Å². The van der Waals surface area contributed by atoms with E-state index in [0.29, 0.717) is 16.5 Å². The number of nitrogens with one attached hydrogen (secondary N) is 2. The normalized spacial score (nSPS) is 16.1. The maximum absolute atomic E-state index is 12.5. The van der Waals surface area contributed by atoms with Crippen molar-refractivity contribution < 1.29 is 14.3 Å². The van der Waals surface area contributed by atoms with Crippen molar-refractivity contribution in [2.24, 2.45) is 0 Å². The van der Waals surface area contributed by atoms with E-state index in [0.717, 1.165) is 28.5 Å². The third kappa shape index (κ3) is 5.68. The van der Waals surface area contributed by atoms with Crippen LogP contribution in [0.3, 0.4) is 0 Å². The number of thiocarbonyl (C=S) groups is 1. The average Bonchev–Trinajstić information content (AvgIpc) is 3.66. The van der Waals surface area contributed by atoms with E-state index in [1.807, 2.05) is 109 Å². The molecule has 6 rings (SSSR count). The number of para-hydroxylation sites is 1. The molecule has 1 fully saturated rings. The van der Waals surface area contributed by atoms with Gasteiger partial charge in [0, 0.05) is 41.2 Å². The molecular weight excluding hydrogens is 546 g/mol. The summed E-state index contributed by atoms with van der Waals surface area (Å²) in [7, 11) is 1.66. The number of pyridine rings is 1. The number of carbonyl (C=O) groups is 1. The van der Waals surface area contributed by atoms with Crippen molar-refractivity contribution >= 4 is 34.6 Å². The molecule has 210 valence electrons. The zero-order valence-electron chi connectivity index (χ0n) is 22.9.